The molecule has 0 aliphatic carbocycles. The first-order chi connectivity index (χ1) is 9.31. The lowest BCUT2D eigenvalue weighted by Gasteiger charge is -2.17. The summed E-state index contributed by atoms with van der Waals surface area (Å²) in [6, 6.07) is 3.98. The highest BCUT2D eigenvalue weighted by Crippen LogP contribution is 2.17. The van der Waals surface area contributed by atoms with Crippen molar-refractivity contribution in [2.45, 2.75) is 39.8 Å². The second-order valence-corrected chi connectivity index (χ2v) is 5.27. The molecule has 20 heavy (non-hydrogen) atoms. The first-order valence-corrected chi connectivity index (χ1v) is 6.51. The van der Waals surface area contributed by atoms with Crippen molar-refractivity contribution in [3.63, 3.8) is 0 Å². The van der Waals surface area contributed by atoms with Crippen LogP contribution >= 0.6 is 0 Å². The summed E-state index contributed by atoms with van der Waals surface area (Å²) in [6.45, 7) is 6.10. The second kappa shape index (κ2) is 7.00. The Balaban J connectivity index is 2.73. The number of nitrogens with zero attached hydrogens (tertiary/aromatic N) is 1. The van der Waals surface area contributed by atoms with Crippen LogP contribution < -0.4 is 5.32 Å². The third-order valence-electron chi connectivity index (χ3n) is 3.08. The molecule has 1 aromatic rings. The minimum absolute atomic E-state index is 0.0446. The number of rotatable bonds is 7. The van der Waals surface area contributed by atoms with Gasteiger partial charge in [-0.2, -0.15) is 0 Å². The smallest absolute Gasteiger partial charge is 0.320 e. The van der Waals surface area contributed by atoms with Crippen molar-refractivity contribution in [2.75, 3.05) is 0 Å². The molecule has 1 rings (SSSR count). The van der Waals surface area contributed by atoms with Gasteiger partial charge in [0.2, 0.25) is 0 Å². The summed E-state index contributed by atoms with van der Waals surface area (Å²) in [4.78, 5) is 21.3. The highest BCUT2D eigenvalue weighted by molar-refractivity contribution is 5.73. The largest absolute Gasteiger partial charge is 0.480 e. The molecule has 0 bridgehead atoms. The van der Waals surface area contributed by atoms with E-state index in [-0.39, 0.29) is 11.6 Å². The van der Waals surface area contributed by atoms with E-state index in [4.69, 9.17) is 5.11 Å². The fourth-order valence-electron chi connectivity index (χ4n) is 1.97. The molecule has 0 aliphatic rings. The van der Waals surface area contributed by atoms with Crippen LogP contribution in [0, 0.1) is 23.0 Å². The number of hydrogen-bond acceptors (Lipinski definition) is 4. The van der Waals surface area contributed by atoms with Crippen molar-refractivity contribution in [1.82, 2.24) is 5.32 Å². The molecule has 0 unspecified atom stereocenters. The highest BCUT2D eigenvalue weighted by atomic mass is 16.6. The summed E-state index contributed by atoms with van der Waals surface area (Å²) < 4.78 is 0. The van der Waals surface area contributed by atoms with Gasteiger partial charge < -0.3 is 10.4 Å². The molecule has 6 nitrogen and oxygen atoms in total. The lowest BCUT2D eigenvalue weighted by atomic mass is 10.0. The third kappa shape index (κ3) is 4.62. The zero-order valence-corrected chi connectivity index (χ0v) is 11.9. The molecule has 0 saturated heterocycles. The number of carbonyl (C=O) groups is 1. The molecule has 0 fully saturated rings. The maximum Gasteiger partial charge on any atom is 0.320 e. The van der Waals surface area contributed by atoms with Gasteiger partial charge in [-0.15, -0.1) is 0 Å². The van der Waals surface area contributed by atoms with Gasteiger partial charge in [0.25, 0.3) is 5.69 Å². The predicted octanol–water partition coefficient (Wildman–Crippen LogP) is 2.49. The van der Waals surface area contributed by atoms with Crippen molar-refractivity contribution in [2.24, 2.45) is 5.92 Å². The highest BCUT2D eigenvalue weighted by Gasteiger charge is 2.18. The summed E-state index contributed by atoms with van der Waals surface area (Å²) in [5, 5.41) is 22.8. The fraction of sp³-hybridized carbons (Fsp3) is 0.500. The Labute approximate surface area is 118 Å². The van der Waals surface area contributed by atoms with E-state index in [1.807, 2.05) is 13.8 Å². The average molecular weight is 280 g/mol. The molecule has 0 saturated carbocycles. The molecule has 6 heteroatoms. The predicted molar refractivity (Wildman–Crippen MR) is 75.6 cm³/mol. The summed E-state index contributed by atoms with van der Waals surface area (Å²) in [5.41, 5.74) is 1.69. The van der Waals surface area contributed by atoms with Crippen LogP contribution in [-0.4, -0.2) is 22.0 Å². The summed E-state index contributed by atoms with van der Waals surface area (Å²) in [7, 11) is 0. The Morgan fingerprint density at radius 2 is 2.10 bits per heavy atom. The van der Waals surface area contributed by atoms with Crippen molar-refractivity contribution < 1.29 is 14.8 Å². The van der Waals surface area contributed by atoms with Crippen LogP contribution in [0.3, 0.4) is 0 Å². The molecule has 0 aliphatic heterocycles. The number of non-ortho nitro benzene ring substituents is 1. The Bertz CT molecular complexity index is 500. The van der Waals surface area contributed by atoms with E-state index < -0.39 is 16.9 Å². The third-order valence-corrected chi connectivity index (χ3v) is 3.08. The first-order valence-electron chi connectivity index (χ1n) is 6.51. The number of aliphatic carboxylic acids is 1. The minimum Gasteiger partial charge on any atom is -0.480 e. The number of carboxylic acids is 1. The van der Waals surface area contributed by atoms with Crippen LogP contribution in [0.15, 0.2) is 18.2 Å². The maximum atomic E-state index is 11.1. The van der Waals surface area contributed by atoms with Gasteiger partial charge in [0.1, 0.15) is 6.04 Å². The molecule has 110 valence electrons. The quantitative estimate of drug-likeness (QED) is 0.591. The van der Waals surface area contributed by atoms with Gasteiger partial charge in [-0.05, 0) is 30.4 Å². The molecular weight excluding hydrogens is 260 g/mol. The topological polar surface area (TPSA) is 92.5 Å². The molecule has 2 N–H and O–H groups in total. The molecule has 1 atom stereocenters. The van der Waals surface area contributed by atoms with Gasteiger partial charge in [0.05, 0.1) is 4.92 Å². The summed E-state index contributed by atoms with van der Waals surface area (Å²) >= 11 is 0. The number of nitro benzene ring substituents is 1. The Morgan fingerprint density at radius 1 is 1.45 bits per heavy atom. The van der Waals surface area contributed by atoms with E-state index in [0.29, 0.717) is 13.0 Å². The normalized spacial score (nSPS) is 12.4. The lowest BCUT2D eigenvalue weighted by molar-refractivity contribution is -0.384. The lowest BCUT2D eigenvalue weighted by Crippen LogP contribution is -2.37. The van der Waals surface area contributed by atoms with Crippen molar-refractivity contribution in [3.8, 4) is 0 Å². The van der Waals surface area contributed by atoms with Gasteiger partial charge >= 0.3 is 5.97 Å². The molecule has 1 aromatic carbocycles. The molecule has 0 amide bonds. The fourth-order valence-corrected chi connectivity index (χ4v) is 1.97. The monoisotopic (exact) mass is 280 g/mol. The maximum absolute atomic E-state index is 11.1. The number of nitro groups is 1. The number of aryl methyl sites for hydroxylation is 1. The summed E-state index contributed by atoms with van der Waals surface area (Å²) in [6.07, 6.45) is 0.543. The molecule has 0 radical (unpaired) electrons. The van der Waals surface area contributed by atoms with E-state index in [9.17, 15) is 14.9 Å². The van der Waals surface area contributed by atoms with E-state index in [1.165, 1.54) is 12.1 Å². The van der Waals surface area contributed by atoms with Crippen LogP contribution in [0.25, 0.3) is 0 Å². The van der Waals surface area contributed by atoms with Crippen molar-refractivity contribution >= 4 is 11.7 Å². The molecule has 0 spiro atoms. The number of carboxylic acid groups (broad SMARTS) is 1. The number of hydrogen-bond donors (Lipinski definition) is 2. The van der Waals surface area contributed by atoms with Crippen LogP contribution in [-0.2, 0) is 11.3 Å². The van der Waals surface area contributed by atoms with E-state index in [0.717, 1.165) is 11.1 Å². The zero-order valence-electron chi connectivity index (χ0n) is 11.9. The van der Waals surface area contributed by atoms with Gasteiger partial charge in [-0.3, -0.25) is 14.9 Å². The van der Waals surface area contributed by atoms with Crippen LogP contribution in [0.2, 0.25) is 0 Å². The van der Waals surface area contributed by atoms with Gasteiger partial charge in [-0.1, -0.05) is 19.9 Å². The number of benzene rings is 1. The zero-order chi connectivity index (χ0) is 15.3. The van der Waals surface area contributed by atoms with Crippen LogP contribution in [0.5, 0.6) is 0 Å². The van der Waals surface area contributed by atoms with Crippen LogP contribution in [0.4, 0.5) is 5.69 Å². The molecule has 0 heterocycles. The summed E-state index contributed by atoms with van der Waals surface area (Å²) in [5.74, 6) is -0.597. The van der Waals surface area contributed by atoms with Gasteiger partial charge in [0, 0.05) is 18.7 Å². The second-order valence-electron chi connectivity index (χ2n) is 5.27. The van der Waals surface area contributed by atoms with E-state index in [1.54, 1.807) is 13.0 Å². The molecule has 0 aromatic heterocycles. The Kier molecular flexibility index (Phi) is 5.64. The standard InChI is InChI=1S/C14H20N2O4/c1-9(2)6-13(14(17)18)15-8-11-4-5-12(16(19)20)7-10(11)3/h4-5,7,9,13,15H,6,8H2,1-3H3,(H,17,18)/t13-/m1/s1. The Morgan fingerprint density at radius 3 is 2.55 bits per heavy atom. The minimum atomic E-state index is -0.877. The van der Waals surface area contributed by atoms with E-state index >= 15 is 0 Å². The average Bonchev–Trinajstić information content (AvgIpc) is 2.34. The van der Waals surface area contributed by atoms with E-state index in [2.05, 4.69) is 5.32 Å². The van der Waals surface area contributed by atoms with Crippen LogP contribution in [0.1, 0.15) is 31.4 Å². The van der Waals surface area contributed by atoms with Gasteiger partial charge in [-0.25, -0.2) is 0 Å². The first kappa shape index (κ1) is 16.1. The van der Waals surface area contributed by atoms with Gasteiger partial charge in [0.15, 0.2) is 0 Å². The Hall–Kier alpha value is -1.95. The van der Waals surface area contributed by atoms with Crippen molar-refractivity contribution in [3.05, 3.63) is 39.4 Å². The SMILES string of the molecule is Cc1cc([N+](=O)[O-])ccc1CN[C@H](CC(C)C)C(=O)O. The molecular formula is C14H20N2O4. The number of nitrogens with one attached hydrogen (secondary N) is 1. The van der Waals surface area contributed by atoms with Crippen molar-refractivity contribution in [1.29, 1.82) is 0 Å².